The molecule has 0 aromatic rings. The summed E-state index contributed by atoms with van der Waals surface area (Å²) < 4.78 is 5.65. The van der Waals surface area contributed by atoms with E-state index in [4.69, 9.17) is 4.74 Å². The number of esters is 1. The van der Waals surface area contributed by atoms with Crippen LogP contribution in [0.2, 0.25) is 0 Å². The van der Waals surface area contributed by atoms with Crippen LogP contribution in [0.5, 0.6) is 0 Å². The lowest BCUT2D eigenvalue weighted by molar-refractivity contribution is -0.145. The quantitative estimate of drug-likeness (QED) is 0.161. The van der Waals surface area contributed by atoms with Crippen molar-refractivity contribution in [1.82, 2.24) is 0 Å². The second-order valence-corrected chi connectivity index (χ2v) is 14.0. The molecule has 3 aliphatic carbocycles. The van der Waals surface area contributed by atoms with E-state index in [1.54, 1.807) is 0 Å². The third kappa shape index (κ3) is 11.1. The molecule has 2 atom stereocenters. The molecular formula is C36H64O3. The van der Waals surface area contributed by atoms with E-state index >= 15 is 0 Å². The summed E-state index contributed by atoms with van der Waals surface area (Å²) in [4.78, 5) is 26.5. The molecule has 0 heterocycles. The van der Waals surface area contributed by atoms with Gasteiger partial charge < -0.3 is 4.74 Å². The summed E-state index contributed by atoms with van der Waals surface area (Å²) >= 11 is 0. The van der Waals surface area contributed by atoms with Gasteiger partial charge in [-0.1, -0.05) is 135 Å². The van der Waals surface area contributed by atoms with Gasteiger partial charge in [-0.3, -0.25) is 9.59 Å². The molecule has 0 radical (unpaired) electrons. The highest BCUT2D eigenvalue weighted by Crippen LogP contribution is 2.61. The van der Waals surface area contributed by atoms with E-state index in [1.807, 2.05) is 0 Å². The molecule has 3 heteroatoms. The average Bonchev–Trinajstić information content (AvgIpc) is 3.20. The molecule has 0 saturated heterocycles. The van der Waals surface area contributed by atoms with Crippen molar-refractivity contribution in [2.45, 2.75) is 193 Å². The number of ketones is 1. The zero-order valence-electron chi connectivity index (χ0n) is 26.0. The summed E-state index contributed by atoms with van der Waals surface area (Å²) in [5, 5.41) is 0. The summed E-state index contributed by atoms with van der Waals surface area (Å²) in [6.45, 7) is 2.85. The Bertz CT molecular complexity index is 673. The predicted molar refractivity (Wildman–Crippen MR) is 164 cm³/mol. The van der Waals surface area contributed by atoms with Crippen LogP contribution in [0.15, 0.2) is 0 Å². The monoisotopic (exact) mass is 544 g/mol. The maximum Gasteiger partial charge on any atom is 0.305 e. The predicted octanol–water partition coefficient (Wildman–Crippen LogP) is 11.1. The third-order valence-electron chi connectivity index (χ3n) is 10.9. The molecular weight excluding hydrogens is 480 g/mol. The maximum atomic E-state index is 13.8. The Morgan fingerprint density at radius 2 is 1.26 bits per heavy atom. The van der Waals surface area contributed by atoms with Crippen molar-refractivity contribution in [2.24, 2.45) is 16.7 Å². The molecule has 0 bridgehead atoms. The van der Waals surface area contributed by atoms with E-state index in [-0.39, 0.29) is 16.8 Å². The number of ether oxygens (including phenoxy) is 1. The summed E-state index contributed by atoms with van der Waals surface area (Å²) in [7, 11) is 0. The lowest BCUT2D eigenvalue weighted by Crippen LogP contribution is -2.38. The molecule has 226 valence electrons. The molecule has 2 unspecified atom stereocenters. The van der Waals surface area contributed by atoms with Crippen LogP contribution in [-0.4, -0.2) is 18.4 Å². The largest absolute Gasteiger partial charge is 0.466 e. The van der Waals surface area contributed by atoms with Crippen LogP contribution in [0.1, 0.15) is 193 Å². The van der Waals surface area contributed by atoms with Crippen LogP contribution in [-0.2, 0) is 14.3 Å². The van der Waals surface area contributed by atoms with Crippen molar-refractivity contribution < 1.29 is 14.3 Å². The minimum atomic E-state index is -0.133. The van der Waals surface area contributed by atoms with Gasteiger partial charge >= 0.3 is 5.97 Å². The normalized spacial score (nSPS) is 26.4. The minimum absolute atomic E-state index is 0.0298. The molecule has 3 saturated carbocycles. The minimum Gasteiger partial charge on any atom is -0.466 e. The standard InChI is InChI=1S/C36H64O3/c1-2-3-4-5-6-7-11-14-17-22-29-39-34(38)25-24-32-23-18-21-28-36(32)31-35(30-33(36)37)26-19-15-12-9-8-10-13-16-20-27-35/h32H,2-31H2,1H3. The van der Waals surface area contributed by atoms with E-state index in [0.29, 0.717) is 24.7 Å². The molecule has 3 fully saturated rings. The molecule has 3 aliphatic rings. The van der Waals surface area contributed by atoms with Crippen LogP contribution in [0, 0.1) is 16.7 Å². The van der Waals surface area contributed by atoms with Crippen molar-refractivity contribution in [1.29, 1.82) is 0 Å². The Labute approximate surface area is 242 Å². The van der Waals surface area contributed by atoms with Gasteiger partial charge in [0.15, 0.2) is 0 Å². The highest BCUT2D eigenvalue weighted by atomic mass is 16.5. The molecule has 3 rings (SSSR count). The molecule has 0 aliphatic heterocycles. The zero-order chi connectivity index (χ0) is 27.7. The average molecular weight is 545 g/mol. The summed E-state index contributed by atoms with van der Waals surface area (Å²) in [5.74, 6) is 0.931. The lowest BCUT2D eigenvalue weighted by Gasteiger charge is -2.42. The van der Waals surface area contributed by atoms with E-state index in [0.717, 1.165) is 38.5 Å². The summed E-state index contributed by atoms with van der Waals surface area (Å²) in [5.41, 5.74) is 0.119. The Balaban J connectivity index is 1.39. The Morgan fingerprint density at radius 1 is 0.718 bits per heavy atom. The van der Waals surface area contributed by atoms with Crippen molar-refractivity contribution in [2.75, 3.05) is 6.61 Å². The maximum absolute atomic E-state index is 13.8. The lowest BCUT2D eigenvalue weighted by atomic mass is 9.61. The van der Waals surface area contributed by atoms with Gasteiger partial charge in [0, 0.05) is 18.3 Å². The van der Waals surface area contributed by atoms with Gasteiger partial charge in [-0.2, -0.15) is 0 Å². The first kappa shape index (κ1) is 32.7. The smallest absolute Gasteiger partial charge is 0.305 e. The number of carbonyl (C=O) groups is 2. The van der Waals surface area contributed by atoms with E-state index in [9.17, 15) is 9.59 Å². The Kier molecular flexibility index (Phi) is 15.5. The number of Topliss-reactive ketones (excluding diaryl/α,β-unsaturated/α-hetero) is 1. The molecule has 2 spiro atoms. The first-order valence-electron chi connectivity index (χ1n) is 17.8. The van der Waals surface area contributed by atoms with Crippen molar-refractivity contribution >= 4 is 11.8 Å². The molecule has 0 aromatic carbocycles. The summed E-state index contributed by atoms with van der Waals surface area (Å²) in [6, 6.07) is 0. The van der Waals surface area contributed by atoms with Crippen LogP contribution in [0.3, 0.4) is 0 Å². The molecule has 0 aromatic heterocycles. The van der Waals surface area contributed by atoms with Gasteiger partial charge in [0.05, 0.1) is 6.61 Å². The first-order chi connectivity index (χ1) is 19.1. The van der Waals surface area contributed by atoms with Crippen LogP contribution in [0.4, 0.5) is 0 Å². The Hall–Kier alpha value is -0.860. The van der Waals surface area contributed by atoms with Gasteiger partial charge in [0.1, 0.15) is 5.78 Å². The highest BCUT2D eigenvalue weighted by Gasteiger charge is 2.57. The van der Waals surface area contributed by atoms with Crippen molar-refractivity contribution in [3.63, 3.8) is 0 Å². The number of rotatable bonds is 14. The third-order valence-corrected chi connectivity index (χ3v) is 10.9. The SMILES string of the molecule is CCCCCCCCCCCCOC(=O)CCC1CCCCC12CC1(CCCCCCCCCCC1)CC2=O. The highest BCUT2D eigenvalue weighted by molar-refractivity contribution is 5.88. The number of carbonyl (C=O) groups excluding carboxylic acids is 2. The first-order valence-corrected chi connectivity index (χ1v) is 17.8. The second-order valence-electron chi connectivity index (χ2n) is 14.0. The topological polar surface area (TPSA) is 43.4 Å². The fourth-order valence-corrected chi connectivity index (χ4v) is 8.53. The van der Waals surface area contributed by atoms with E-state index in [2.05, 4.69) is 6.92 Å². The van der Waals surface area contributed by atoms with Crippen LogP contribution in [0.25, 0.3) is 0 Å². The van der Waals surface area contributed by atoms with Gasteiger partial charge in [0.2, 0.25) is 0 Å². The molecule has 39 heavy (non-hydrogen) atoms. The van der Waals surface area contributed by atoms with Crippen molar-refractivity contribution in [3.8, 4) is 0 Å². The Morgan fingerprint density at radius 3 is 1.87 bits per heavy atom. The summed E-state index contributed by atoms with van der Waals surface area (Å²) in [6.07, 6.45) is 35.7. The fraction of sp³-hybridized carbons (Fsp3) is 0.944. The van der Waals surface area contributed by atoms with Crippen LogP contribution < -0.4 is 0 Å². The number of hydrogen-bond acceptors (Lipinski definition) is 3. The number of unbranched alkanes of at least 4 members (excludes halogenated alkanes) is 9. The van der Waals surface area contributed by atoms with Gasteiger partial charge in [-0.05, 0) is 56.3 Å². The molecule has 0 amide bonds. The van der Waals surface area contributed by atoms with Crippen molar-refractivity contribution in [3.05, 3.63) is 0 Å². The molecule has 3 nitrogen and oxygen atoms in total. The zero-order valence-corrected chi connectivity index (χ0v) is 26.0. The molecule has 0 N–H and O–H groups in total. The van der Waals surface area contributed by atoms with Gasteiger partial charge in [-0.15, -0.1) is 0 Å². The van der Waals surface area contributed by atoms with E-state index < -0.39 is 0 Å². The second kappa shape index (κ2) is 18.5. The number of hydrogen-bond donors (Lipinski definition) is 0. The van der Waals surface area contributed by atoms with Gasteiger partial charge in [0.25, 0.3) is 0 Å². The van der Waals surface area contributed by atoms with Crippen LogP contribution >= 0.6 is 0 Å². The van der Waals surface area contributed by atoms with E-state index in [1.165, 1.54) is 141 Å². The fourth-order valence-electron chi connectivity index (χ4n) is 8.53. The van der Waals surface area contributed by atoms with Gasteiger partial charge in [-0.25, -0.2) is 0 Å².